The largest absolute Gasteiger partial charge is 0.455 e. The van der Waals surface area contributed by atoms with Crippen molar-refractivity contribution in [2.45, 2.75) is 26.3 Å². The third kappa shape index (κ3) is 5.05. The number of carbonyl (C=O) groups excluding carboxylic acids is 4. The number of carbonyl (C=O) groups is 4. The van der Waals surface area contributed by atoms with Gasteiger partial charge < -0.3 is 15.0 Å². The molecule has 8 heteroatoms. The third-order valence-electron chi connectivity index (χ3n) is 4.18. The Morgan fingerprint density at radius 3 is 2.62 bits per heavy atom. The SMILES string of the molecule is CCNC(=O)NC(=O)COC(=O)[C@H]1CC(=O)N([C@@H](C)c2ccccc2)C1. The van der Waals surface area contributed by atoms with Crippen molar-refractivity contribution in [1.82, 2.24) is 15.5 Å². The number of amides is 4. The van der Waals surface area contributed by atoms with Crippen molar-refractivity contribution in [1.29, 1.82) is 0 Å². The fourth-order valence-corrected chi connectivity index (χ4v) is 2.80. The molecule has 0 aromatic heterocycles. The maximum Gasteiger partial charge on any atom is 0.321 e. The molecule has 0 bridgehead atoms. The molecule has 0 aliphatic carbocycles. The second-order valence-corrected chi connectivity index (χ2v) is 6.05. The van der Waals surface area contributed by atoms with Gasteiger partial charge in [-0.05, 0) is 19.4 Å². The normalized spacial score (nSPS) is 17.5. The quantitative estimate of drug-likeness (QED) is 0.735. The van der Waals surface area contributed by atoms with Crippen molar-refractivity contribution in [3.05, 3.63) is 35.9 Å². The van der Waals surface area contributed by atoms with E-state index in [1.165, 1.54) is 0 Å². The smallest absolute Gasteiger partial charge is 0.321 e. The van der Waals surface area contributed by atoms with Gasteiger partial charge in [0.1, 0.15) is 0 Å². The highest BCUT2D eigenvalue weighted by atomic mass is 16.5. The summed E-state index contributed by atoms with van der Waals surface area (Å²) >= 11 is 0. The zero-order valence-corrected chi connectivity index (χ0v) is 14.9. The molecule has 0 unspecified atom stereocenters. The Labute approximate surface area is 151 Å². The first kappa shape index (κ1) is 19.4. The number of ether oxygens (including phenoxy) is 1. The molecule has 1 saturated heterocycles. The van der Waals surface area contributed by atoms with Gasteiger partial charge in [-0.25, -0.2) is 4.79 Å². The highest BCUT2D eigenvalue weighted by molar-refractivity contribution is 5.96. The van der Waals surface area contributed by atoms with Crippen molar-refractivity contribution in [3.63, 3.8) is 0 Å². The van der Waals surface area contributed by atoms with E-state index in [2.05, 4.69) is 5.32 Å². The number of hydrogen-bond acceptors (Lipinski definition) is 5. The number of urea groups is 1. The zero-order chi connectivity index (χ0) is 19.1. The molecular formula is C18H23N3O5. The van der Waals surface area contributed by atoms with E-state index in [0.29, 0.717) is 6.54 Å². The lowest BCUT2D eigenvalue weighted by Gasteiger charge is -2.25. The van der Waals surface area contributed by atoms with Crippen LogP contribution in [-0.4, -0.2) is 48.4 Å². The summed E-state index contributed by atoms with van der Waals surface area (Å²) in [5, 5.41) is 4.44. The summed E-state index contributed by atoms with van der Waals surface area (Å²) in [4.78, 5) is 48.8. The van der Waals surface area contributed by atoms with Gasteiger partial charge in [0.2, 0.25) is 5.91 Å². The van der Waals surface area contributed by atoms with E-state index in [1.807, 2.05) is 42.6 Å². The van der Waals surface area contributed by atoms with Crippen LogP contribution in [0.1, 0.15) is 31.9 Å². The fourth-order valence-electron chi connectivity index (χ4n) is 2.80. The standard InChI is InChI=1S/C18H23N3O5/c1-3-19-18(25)20-15(22)11-26-17(24)14-9-16(23)21(10-14)12(2)13-7-5-4-6-8-13/h4-8,12,14H,3,9-11H2,1-2H3,(H2,19,20,22,25)/t12-,14-/m0/s1. The summed E-state index contributed by atoms with van der Waals surface area (Å²) in [6.45, 7) is 3.67. The summed E-state index contributed by atoms with van der Waals surface area (Å²) in [7, 11) is 0. The summed E-state index contributed by atoms with van der Waals surface area (Å²) in [5.41, 5.74) is 0.983. The van der Waals surface area contributed by atoms with E-state index in [1.54, 1.807) is 11.8 Å². The maximum absolute atomic E-state index is 12.2. The topological polar surface area (TPSA) is 105 Å². The first-order valence-electron chi connectivity index (χ1n) is 8.51. The molecule has 2 N–H and O–H groups in total. The van der Waals surface area contributed by atoms with E-state index >= 15 is 0 Å². The van der Waals surface area contributed by atoms with Crippen LogP contribution in [0.25, 0.3) is 0 Å². The van der Waals surface area contributed by atoms with Crippen molar-refractivity contribution in [3.8, 4) is 0 Å². The molecule has 1 aromatic rings. The molecule has 8 nitrogen and oxygen atoms in total. The van der Waals surface area contributed by atoms with Crippen LogP contribution in [0.15, 0.2) is 30.3 Å². The van der Waals surface area contributed by atoms with Crippen LogP contribution in [0.5, 0.6) is 0 Å². The van der Waals surface area contributed by atoms with E-state index in [-0.39, 0.29) is 24.9 Å². The van der Waals surface area contributed by atoms with Gasteiger partial charge in [-0.2, -0.15) is 0 Å². The Morgan fingerprint density at radius 1 is 1.27 bits per heavy atom. The van der Waals surface area contributed by atoms with E-state index in [0.717, 1.165) is 5.56 Å². The van der Waals surface area contributed by atoms with Gasteiger partial charge in [-0.15, -0.1) is 0 Å². The molecule has 1 fully saturated rings. The molecule has 2 rings (SSSR count). The highest BCUT2D eigenvalue weighted by Crippen LogP contribution is 2.28. The van der Waals surface area contributed by atoms with Crippen LogP contribution in [-0.2, 0) is 19.1 Å². The lowest BCUT2D eigenvalue weighted by atomic mass is 10.1. The second kappa shape index (κ2) is 8.98. The van der Waals surface area contributed by atoms with Crippen molar-refractivity contribution in [2.24, 2.45) is 5.92 Å². The molecule has 0 radical (unpaired) electrons. The van der Waals surface area contributed by atoms with Gasteiger partial charge in [0.15, 0.2) is 6.61 Å². The Kier molecular flexibility index (Phi) is 6.71. The Hall–Kier alpha value is -2.90. The van der Waals surface area contributed by atoms with Gasteiger partial charge in [-0.1, -0.05) is 30.3 Å². The molecule has 0 spiro atoms. The summed E-state index contributed by atoms with van der Waals surface area (Å²) in [6, 6.07) is 8.74. The van der Waals surface area contributed by atoms with Gasteiger partial charge >= 0.3 is 12.0 Å². The first-order chi connectivity index (χ1) is 12.4. The van der Waals surface area contributed by atoms with Crippen molar-refractivity contribution < 1.29 is 23.9 Å². The Bertz CT molecular complexity index is 677. The van der Waals surface area contributed by atoms with Crippen molar-refractivity contribution >= 4 is 23.8 Å². The second-order valence-electron chi connectivity index (χ2n) is 6.05. The van der Waals surface area contributed by atoms with Gasteiger partial charge in [0.25, 0.3) is 5.91 Å². The van der Waals surface area contributed by atoms with Crippen molar-refractivity contribution in [2.75, 3.05) is 19.7 Å². The molecule has 1 aliphatic rings. The molecule has 1 aliphatic heterocycles. The average Bonchev–Trinajstić information content (AvgIpc) is 3.01. The van der Waals surface area contributed by atoms with Crippen LogP contribution in [0.3, 0.4) is 0 Å². The van der Waals surface area contributed by atoms with E-state index < -0.39 is 30.4 Å². The van der Waals surface area contributed by atoms with Crippen LogP contribution in [0, 0.1) is 5.92 Å². The van der Waals surface area contributed by atoms with Crippen LogP contribution >= 0.6 is 0 Å². The highest BCUT2D eigenvalue weighted by Gasteiger charge is 2.38. The predicted octanol–water partition coefficient (Wildman–Crippen LogP) is 0.985. The molecule has 2 atom stereocenters. The number of rotatable bonds is 6. The number of hydrogen-bond donors (Lipinski definition) is 2. The number of nitrogens with one attached hydrogen (secondary N) is 2. The van der Waals surface area contributed by atoms with Gasteiger partial charge in [0, 0.05) is 19.5 Å². The molecule has 26 heavy (non-hydrogen) atoms. The Morgan fingerprint density at radius 2 is 1.96 bits per heavy atom. The van der Waals surface area contributed by atoms with Crippen LogP contribution in [0.4, 0.5) is 4.79 Å². The summed E-state index contributed by atoms with van der Waals surface area (Å²) in [6.07, 6.45) is 0.0496. The average molecular weight is 361 g/mol. The number of imide groups is 1. The molecule has 1 aromatic carbocycles. The molecular weight excluding hydrogens is 338 g/mol. The Balaban J connectivity index is 1.85. The number of nitrogens with zero attached hydrogens (tertiary/aromatic N) is 1. The minimum Gasteiger partial charge on any atom is -0.455 e. The lowest BCUT2D eigenvalue weighted by Crippen LogP contribution is -2.41. The minimum atomic E-state index is -0.719. The van der Waals surface area contributed by atoms with E-state index in [9.17, 15) is 19.2 Å². The third-order valence-corrected chi connectivity index (χ3v) is 4.18. The minimum absolute atomic E-state index is 0.0496. The van der Waals surface area contributed by atoms with Crippen LogP contribution < -0.4 is 10.6 Å². The van der Waals surface area contributed by atoms with Crippen LogP contribution in [0.2, 0.25) is 0 Å². The molecule has 4 amide bonds. The number of benzene rings is 1. The monoisotopic (exact) mass is 361 g/mol. The number of likely N-dealkylation sites (tertiary alicyclic amines) is 1. The summed E-state index contributed by atoms with van der Waals surface area (Å²) in [5.74, 6) is -2.09. The molecule has 140 valence electrons. The van der Waals surface area contributed by atoms with Gasteiger partial charge in [-0.3, -0.25) is 19.7 Å². The van der Waals surface area contributed by atoms with Gasteiger partial charge in [0.05, 0.1) is 12.0 Å². The summed E-state index contributed by atoms with van der Waals surface area (Å²) < 4.78 is 4.94. The predicted molar refractivity (Wildman–Crippen MR) is 92.9 cm³/mol. The fraction of sp³-hybridized carbons (Fsp3) is 0.444. The first-order valence-corrected chi connectivity index (χ1v) is 8.51. The molecule has 0 saturated carbocycles. The number of esters is 1. The van der Waals surface area contributed by atoms with E-state index in [4.69, 9.17) is 4.74 Å². The maximum atomic E-state index is 12.2. The molecule has 1 heterocycles. The zero-order valence-electron chi connectivity index (χ0n) is 14.9. The lowest BCUT2D eigenvalue weighted by molar-refractivity contribution is -0.152.